The first-order valence-electron chi connectivity index (χ1n) is 27.5. The Morgan fingerprint density at radius 3 is 1.30 bits per heavy atom. The van der Waals surface area contributed by atoms with E-state index in [0.29, 0.717) is 0 Å². The van der Waals surface area contributed by atoms with Crippen LogP contribution in [0.1, 0.15) is 175 Å². The van der Waals surface area contributed by atoms with Crippen molar-refractivity contribution in [1.29, 1.82) is 0 Å². The molecule has 0 amide bonds. The number of benzene rings is 7. The van der Waals surface area contributed by atoms with E-state index in [2.05, 4.69) is 271 Å². The molecule has 1 fully saturated rings. The molecule has 0 spiro atoms. The van der Waals surface area contributed by atoms with Crippen molar-refractivity contribution in [2.45, 2.75) is 174 Å². The fourth-order valence-electron chi connectivity index (χ4n) is 13.5. The number of para-hydroxylation sites is 1. The second-order valence-corrected chi connectivity index (χ2v) is 27.7. The smallest absolute Gasteiger partial charge is 0.252 e. The van der Waals surface area contributed by atoms with E-state index in [0.717, 1.165) is 12.8 Å². The SMILES string of the molecule is CC(C)(C)c1ccc(C23CCCCC2(C)N(c2cc4c5c(c2)N(c2cccc(C(C)(C)C)c2)c2cc(C(C)(C)C)ccc2B5c2ccc(C(C)(C)C)cc2N4c2cccc(C(C)(C)C)c2)c2ccccc23)cc1. The number of hydrogen-bond acceptors (Lipinski definition) is 3. The predicted octanol–water partition coefficient (Wildman–Crippen LogP) is 17.0. The van der Waals surface area contributed by atoms with Crippen LogP contribution in [0.5, 0.6) is 0 Å². The normalized spacial score (nSPS) is 19.6. The summed E-state index contributed by atoms with van der Waals surface area (Å²) in [7, 11) is 0. The molecule has 73 heavy (non-hydrogen) atoms. The predicted molar refractivity (Wildman–Crippen MR) is 317 cm³/mol. The molecule has 3 aliphatic heterocycles. The van der Waals surface area contributed by atoms with Crippen molar-refractivity contribution in [2.75, 3.05) is 14.7 Å². The molecule has 0 bridgehead atoms. The second kappa shape index (κ2) is 16.5. The van der Waals surface area contributed by atoms with Gasteiger partial charge in [-0.05, 0) is 157 Å². The molecule has 2 atom stereocenters. The van der Waals surface area contributed by atoms with Gasteiger partial charge in [-0.3, -0.25) is 0 Å². The molecule has 0 radical (unpaired) electrons. The van der Waals surface area contributed by atoms with Gasteiger partial charge in [0.1, 0.15) is 0 Å². The number of nitrogens with zero attached hydrogens (tertiary/aromatic N) is 3. The third-order valence-electron chi connectivity index (χ3n) is 17.7. The Labute approximate surface area is 440 Å². The molecule has 4 aliphatic rings. The van der Waals surface area contributed by atoms with Crippen LogP contribution in [-0.2, 0) is 32.5 Å². The Balaban J connectivity index is 1.28. The number of fused-ring (bicyclic) bond motifs is 7. The standard InChI is InChI=1S/C69H80BN3/c1-63(2,3)45-29-31-46(32-30-45)69-38-20-19-37-68(69,16)73(57-28-18-17-27-54(57)69)53-43-60-62-61(44-53)72(52-26-22-24-48(40-52)65(7,8)9)59-42-50(67(13,14)15)34-36-56(59)70(62)55-35-33-49(66(10,11)12)41-58(55)71(60)51-25-21-23-47(39-51)64(4,5)6/h17-18,21-36,39-44H,19-20,37-38H2,1-16H3. The van der Waals surface area contributed by atoms with E-state index in [1.165, 1.54) is 114 Å². The molecule has 374 valence electrons. The van der Waals surface area contributed by atoms with E-state index in [4.69, 9.17) is 0 Å². The zero-order valence-corrected chi connectivity index (χ0v) is 47.1. The van der Waals surface area contributed by atoms with Crippen LogP contribution in [0.2, 0.25) is 0 Å². The Morgan fingerprint density at radius 2 is 0.822 bits per heavy atom. The van der Waals surface area contributed by atoms with Gasteiger partial charge in [0, 0.05) is 50.9 Å². The van der Waals surface area contributed by atoms with Crippen LogP contribution < -0.4 is 31.1 Å². The average Bonchev–Trinajstić information content (AvgIpc) is 3.57. The minimum Gasteiger partial charge on any atom is -0.334 e. The summed E-state index contributed by atoms with van der Waals surface area (Å²) in [5.74, 6) is 0. The van der Waals surface area contributed by atoms with Gasteiger partial charge < -0.3 is 14.7 Å². The van der Waals surface area contributed by atoms with Crippen molar-refractivity contribution in [3.63, 3.8) is 0 Å². The molecule has 0 aromatic heterocycles. The van der Waals surface area contributed by atoms with Gasteiger partial charge in [-0.15, -0.1) is 0 Å². The monoisotopic (exact) mass is 962 g/mol. The quantitative estimate of drug-likeness (QED) is 0.163. The summed E-state index contributed by atoms with van der Waals surface area (Å²) in [4.78, 5) is 8.17. The molecule has 7 aromatic carbocycles. The molecule has 3 heterocycles. The Bertz CT molecular complexity index is 3160. The van der Waals surface area contributed by atoms with E-state index in [9.17, 15) is 0 Å². The zero-order chi connectivity index (χ0) is 52.0. The van der Waals surface area contributed by atoms with E-state index >= 15 is 0 Å². The molecule has 4 heteroatoms. The van der Waals surface area contributed by atoms with Gasteiger partial charge in [-0.2, -0.15) is 0 Å². The van der Waals surface area contributed by atoms with Gasteiger partial charge in [0.2, 0.25) is 0 Å². The van der Waals surface area contributed by atoms with E-state index < -0.39 is 0 Å². The van der Waals surface area contributed by atoms with E-state index in [-0.39, 0.29) is 44.7 Å². The molecule has 1 aliphatic carbocycles. The lowest BCUT2D eigenvalue weighted by Gasteiger charge is -2.53. The lowest BCUT2D eigenvalue weighted by Crippen LogP contribution is -2.61. The maximum Gasteiger partial charge on any atom is 0.252 e. The highest BCUT2D eigenvalue weighted by molar-refractivity contribution is 7.00. The third-order valence-corrected chi connectivity index (χ3v) is 17.7. The third kappa shape index (κ3) is 7.73. The first-order chi connectivity index (χ1) is 34.2. The minimum atomic E-state index is -0.259. The van der Waals surface area contributed by atoms with Gasteiger partial charge in [0.25, 0.3) is 6.71 Å². The first kappa shape index (κ1) is 49.2. The largest absolute Gasteiger partial charge is 0.334 e. The average molecular weight is 962 g/mol. The summed E-state index contributed by atoms with van der Waals surface area (Å²) in [6, 6.07) is 58.3. The summed E-state index contributed by atoms with van der Waals surface area (Å²) in [6.07, 6.45) is 4.58. The van der Waals surface area contributed by atoms with Gasteiger partial charge in [-0.1, -0.05) is 208 Å². The maximum atomic E-state index is 2.83. The molecule has 2 unspecified atom stereocenters. The number of rotatable bonds is 4. The maximum absolute atomic E-state index is 2.83. The van der Waals surface area contributed by atoms with Gasteiger partial charge >= 0.3 is 0 Å². The minimum absolute atomic E-state index is 0.00716. The lowest BCUT2D eigenvalue weighted by atomic mass is 9.33. The summed E-state index contributed by atoms with van der Waals surface area (Å²) in [5, 5.41) is 0. The fourth-order valence-corrected chi connectivity index (χ4v) is 13.5. The molecule has 0 N–H and O–H groups in total. The topological polar surface area (TPSA) is 9.72 Å². The van der Waals surface area contributed by atoms with Gasteiger partial charge in [0.15, 0.2) is 0 Å². The van der Waals surface area contributed by atoms with E-state index in [1.807, 2.05) is 0 Å². The van der Waals surface area contributed by atoms with Crippen LogP contribution in [0.25, 0.3) is 0 Å². The molecule has 0 saturated heterocycles. The Hall–Kier alpha value is -6.00. The molecule has 7 aromatic rings. The highest BCUT2D eigenvalue weighted by Crippen LogP contribution is 2.64. The van der Waals surface area contributed by atoms with Crippen molar-refractivity contribution >= 4 is 68.6 Å². The van der Waals surface area contributed by atoms with Crippen LogP contribution in [0, 0.1) is 0 Å². The van der Waals surface area contributed by atoms with Crippen LogP contribution in [-0.4, -0.2) is 12.3 Å². The Morgan fingerprint density at radius 1 is 0.384 bits per heavy atom. The lowest BCUT2D eigenvalue weighted by molar-refractivity contribution is 0.215. The molecular formula is C69H80BN3. The van der Waals surface area contributed by atoms with Gasteiger partial charge in [-0.25, -0.2) is 0 Å². The molecule has 3 nitrogen and oxygen atoms in total. The molecule has 1 saturated carbocycles. The number of anilines is 8. The summed E-state index contributed by atoms with van der Waals surface area (Å²) in [6.45, 7) is 37.8. The summed E-state index contributed by atoms with van der Waals surface area (Å²) >= 11 is 0. The van der Waals surface area contributed by atoms with Crippen LogP contribution in [0.4, 0.5) is 45.5 Å². The number of hydrogen-bond donors (Lipinski definition) is 0. The van der Waals surface area contributed by atoms with Crippen molar-refractivity contribution in [1.82, 2.24) is 0 Å². The molecule has 11 rings (SSSR count). The van der Waals surface area contributed by atoms with Crippen molar-refractivity contribution in [2.24, 2.45) is 0 Å². The van der Waals surface area contributed by atoms with Crippen molar-refractivity contribution < 1.29 is 0 Å². The van der Waals surface area contributed by atoms with Crippen LogP contribution >= 0.6 is 0 Å². The Kier molecular flexibility index (Phi) is 11.1. The first-order valence-corrected chi connectivity index (χ1v) is 27.5. The zero-order valence-electron chi connectivity index (χ0n) is 47.1. The summed E-state index contributed by atoms with van der Waals surface area (Å²) in [5.41, 5.74) is 23.2. The highest BCUT2D eigenvalue weighted by Gasteiger charge is 2.61. The van der Waals surface area contributed by atoms with E-state index in [1.54, 1.807) is 0 Å². The highest BCUT2D eigenvalue weighted by atomic mass is 15.3. The van der Waals surface area contributed by atoms with Gasteiger partial charge in [0.05, 0.1) is 5.54 Å². The summed E-state index contributed by atoms with van der Waals surface area (Å²) < 4.78 is 0. The van der Waals surface area contributed by atoms with Crippen LogP contribution in [0.15, 0.2) is 146 Å². The van der Waals surface area contributed by atoms with Crippen molar-refractivity contribution in [3.05, 3.63) is 185 Å². The molecular weight excluding hydrogens is 882 g/mol. The van der Waals surface area contributed by atoms with Crippen molar-refractivity contribution in [3.8, 4) is 0 Å². The fraction of sp³-hybridized carbons (Fsp3) is 0.391. The second-order valence-electron chi connectivity index (χ2n) is 27.7. The van der Waals surface area contributed by atoms with Crippen LogP contribution in [0.3, 0.4) is 0 Å².